The van der Waals surface area contributed by atoms with Crippen molar-refractivity contribution in [2.75, 3.05) is 26.2 Å². The molecule has 1 fully saturated rings. The predicted molar refractivity (Wildman–Crippen MR) is 107 cm³/mol. The molecule has 1 aliphatic rings. The summed E-state index contributed by atoms with van der Waals surface area (Å²) in [4.78, 5) is 14.2. The van der Waals surface area contributed by atoms with Gasteiger partial charge in [-0.15, -0.1) is 0 Å². The normalized spacial score (nSPS) is 15.9. The minimum absolute atomic E-state index is 0.231. The van der Waals surface area contributed by atoms with Crippen molar-refractivity contribution >= 4 is 22.0 Å². The molecule has 2 aromatic rings. The average molecular weight is 402 g/mol. The van der Waals surface area contributed by atoms with Gasteiger partial charge in [-0.3, -0.25) is 4.79 Å². The molecule has 0 radical (unpaired) electrons. The van der Waals surface area contributed by atoms with Gasteiger partial charge in [-0.2, -0.15) is 4.31 Å². The highest BCUT2D eigenvalue weighted by atomic mass is 32.2. The summed E-state index contributed by atoms with van der Waals surface area (Å²) in [6, 6.07) is 11.3. The first kappa shape index (κ1) is 20.2. The van der Waals surface area contributed by atoms with Gasteiger partial charge in [-0.05, 0) is 49.2 Å². The van der Waals surface area contributed by atoms with E-state index in [4.69, 9.17) is 0 Å². The first-order chi connectivity index (χ1) is 13.3. The van der Waals surface area contributed by atoms with Gasteiger partial charge in [-0.25, -0.2) is 12.8 Å². The maximum Gasteiger partial charge on any atom is 0.246 e. The molecule has 0 atom stereocenters. The van der Waals surface area contributed by atoms with Crippen molar-refractivity contribution in [1.29, 1.82) is 0 Å². The van der Waals surface area contributed by atoms with E-state index in [1.165, 1.54) is 22.5 Å². The smallest absolute Gasteiger partial charge is 0.246 e. The summed E-state index contributed by atoms with van der Waals surface area (Å²) in [5.41, 5.74) is 2.30. The van der Waals surface area contributed by atoms with Crippen molar-refractivity contribution in [1.82, 2.24) is 9.21 Å². The molecule has 1 heterocycles. The van der Waals surface area contributed by atoms with Crippen LogP contribution < -0.4 is 0 Å². The molecular weight excluding hydrogens is 379 g/mol. The second-order valence-corrected chi connectivity index (χ2v) is 8.77. The molecule has 0 unspecified atom stereocenters. The Balaban J connectivity index is 1.64. The second-order valence-electron chi connectivity index (χ2n) is 6.83. The Hall–Kier alpha value is -2.51. The molecule has 7 heteroatoms. The summed E-state index contributed by atoms with van der Waals surface area (Å²) < 4.78 is 40.7. The molecule has 0 spiro atoms. The van der Waals surface area contributed by atoms with Gasteiger partial charge in [0, 0.05) is 37.8 Å². The standard InChI is InChI=1S/C21H23FN2O3S/c1-16-7-9-19(15-17(16)2)28(26,27)24-13-11-23(12-14-24)21(25)10-8-18-5-3-4-6-20(18)22/h3-10,15H,11-14H2,1-2H3/b10-8+. The number of hydrogen-bond acceptors (Lipinski definition) is 3. The van der Waals surface area contributed by atoms with Crippen LogP contribution in [-0.4, -0.2) is 49.7 Å². The molecule has 0 saturated carbocycles. The van der Waals surface area contributed by atoms with Crippen LogP contribution in [0.15, 0.2) is 53.4 Å². The van der Waals surface area contributed by atoms with Crippen molar-refractivity contribution < 1.29 is 17.6 Å². The fraction of sp³-hybridized carbons (Fsp3) is 0.286. The third kappa shape index (κ3) is 4.31. The molecule has 0 bridgehead atoms. The Bertz CT molecular complexity index is 1010. The summed E-state index contributed by atoms with van der Waals surface area (Å²) in [5.74, 6) is -0.651. The minimum atomic E-state index is -3.58. The fourth-order valence-corrected chi connectivity index (χ4v) is 4.56. The summed E-state index contributed by atoms with van der Waals surface area (Å²) in [7, 11) is -3.58. The number of benzene rings is 2. The maximum atomic E-state index is 13.6. The number of nitrogens with zero attached hydrogens (tertiary/aromatic N) is 2. The van der Waals surface area contributed by atoms with Crippen LogP contribution in [0.3, 0.4) is 0 Å². The number of rotatable bonds is 4. The maximum absolute atomic E-state index is 13.6. The third-order valence-corrected chi connectivity index (χ3v) is 6.87. The van der Waals surface area contributed by atoms with Crippen molar-refractivity contribution in [3.05, 3.63) is 71.0 Å². The van der Waals surface area contributed by atoms with Gasteiger partial charge < -0.3 is 4.90 Å². The van der Waals surface area contributed by atoms with Gasteiger partial charge in [0.05, 0.1) is 4.90 Å². The zero-order chi connectivity index (χ0) is 20.3. The summed E-state index contributed by atoms with van der Waals surface area (Å²) in [6.07, 6.45) is 2.77. The Kier molecular flexibility index (Phi) is 5.96. The molecule has 0 aliphatic carbocycles. The van der Waals surface area contributed by atoms with Crippen LogP contribution in [0.2, 0.25) is 0 Å². The number of piperazine rings is 1. The van der Waals surface area contributed by atoms with Gasteiger partial charge in [0.1, 0.15) is 5.82 Å². The van der Waals surface area contributed by atoms with Gasteiger partial charge in [0.25, 0.3) is 0 Å². The van der Waals surface area contributed by atoms with Crippen LogP contribution in [0.5, 0.6) is 0 Å². The van der Waals surface area contributed by atoms with Crippen LogP contribution in [0.1, 0.15) is 16.7 Å². The number of halogens is 1. The fourth-order valence-electron chi connectivity index (χ4n) is 3.05. The second kappa shape index (κ2) is 8.24. The van der Waals surface area contributed by atoms with Crippen LogP contribution in [0.4, 0.5) is 4.39 Å². The Labute approximate surface area is 165 Å². The molecule has 5 nitrogen and oxygen atoms in total. The lowest BCUT2D eigenvalue weighted by Gasteiger charge is -2.33. The summed E-state index contributed by atoms with van der Waals surface area (Å²) in [5, 5.41) is 0. The van der Waals surface area contributed by atoms with Crippen molar-refractivity contribution in [2.45, 2.75) is 18.7 Å². The molecular formula is C21H23FN2O3S. The SMILES string of the molecule is Cc1ccc(S(=O)(=O)N2CCN(C(=O)/C=C/c3ccccc3F)CC2)cc1C. The van der Waals surface area contributed by atoms with Gasteiger partial charge in [0.15, 0.2) is 0 Å². The van der Waals surface area contributed by atoms with Crippen molar-refractivity contribution in [3.8, 4) is 0 Å². The monoisotopic (exact) mass is 402 g/mol. The molecule has 0 aromatic heterocycles. The summed E-state index contributed by atoms with van der Waals surface area (Å²) >= 11 is 0. The van der Waals surface area contributed by atoms with E-state index in [0.29, 0.717) is 18.7 Å². The number of carbonyl (C=O) groups excluding carboxylic acids is 1. The van der Waals surface area contributed by atoms with Gasteiger partial charge in [0.2, 0.25) is 15.9 Å². The lowest BCUT2D eigenvalue weighted by Crippen LogP contribution is -2.50. The summed E-state index contributed by atoms with van der Waals surface area (Å²) in [6.45, 7) is 4.87. The van der Waals surface area contributed by atoms with Crippen molar-refractivity contribution in [2.24, 2.45) is 0 Å². The quantitative estimate of drug-likeness (QED) is 0.739. The van der Waals surface area contributed by atoms with E-state index in [0.717, 1.165) is 11.1 Å². The van der Waals surface area contributed by atoms with Gasteiger partial charge in [-0.1, -0.05) is 24.3 Å². The van der Waals surface area contributed by atoms with E-state index in [1.807, 2.05) is 13.8 Å². The molecule has 3 rings (SSSR count). The van der Waals surface area contributed by atoms with E-state index < -0.39 is 15.8 Å². The minimum Gasteiger partial charge on any atom is -0.337 e. The zero-order valence-corrected chi connectivity index (χ0v) is 16.7. The number of amides is 1. The van der Waals surface area contributed by atoms with E-state index in [9.17, 15) is 17.6 Å². The molecule has 28 heavy (non-hydrogen) atoms. The lowest BCUT2D eigenvalue weighted by molar-refractivity contribution is -0.127. The zero-order valence-electron chi connectivity index (χ0n) is 15.9. The highest BCUT2D eigenvalue weighted by Gasteiger charge is 2.29. The highest BCUT2D eigenvalue weighted by Crippen LogP contribution is 2.20. The lowest BCUT2D eigenvalue weighted by atomic mass is 10.1. The van der Waals surface area contributed by atoms with Gasteiger partial charge >= 0.3 is 0 Å². The van der Waals surface area contributed by atoms with Crippen LogP contribution in [-0.2, 0) is 14.8 Å². The molecule has 0 N–H and O–H groups in total. The van der Waals surface area contributed by atoms with E-state index >= 15 is 0 Å². The number of carbonyl (C=O) groups is 1. The number of aryl methyl sites for hydroxylation is 2. The molecule has 2 aromatic carbocycles. The van der Waals surface area contributed by atoms with Crippen LogP contribution in [0.25, 0.3) is 6.08 Å². The van der Waals surface area contributed by atoms with Crippen LogP contribution >= 0.6 is 0 Å². The molecule has 1 aliphatic heterocycles. The third-order valence-electron chi connectivity index (χ3n) is 4.98. The topological polar surface area (TPSA) is 57.7 Å². The Morgan fingerprint density at radius 2 is 1.68 bits per heavy atom. The van der Waals surface area contributed by atoms with E-state index in [2.05, 4.69) is 0 Å². The van der Waals surface area contributed by atoms with E-state index in [-0.39, 0.29) is 23.9 Å². The van der Waals surface area contributed by atoms with Crippen molar-refractivity contribution in [3.63, 3.8) is 0 Å². The molecule has 1 amide bonds. The first-order valence-electron chi connectivity index (χ1n) is 9.08. The number of hydrogen-bond donors (Lipinski definition) is 0. The first-order valence-corrected chi connectivity index (χ1v) is 10.5. The molecule has 148 valence electrons. The number of sulfonamides is 1. The largest absolute Gasteiger partial charge is 0.337 e. The molecule has 1 saturated heterocycles. The predicted octanol–water partition coefficient (Wildman–Crippen LogP) is 2.99. The Morgan fingerprint density at radius 3 is 2.32 bits per heavy atom. The average Bonchev–Trinajstić information content (AvgIpc) is 2.69. The van der Waals surface area contributed by atoms with E-state index in [1.54, 1.807) is 41.3 Å². The Morgan fingerprint density at radius 1 is 1.00 bits per heavy atom. The van der Waals surface area contributed by atoms with Crippen LogP contribution in [0, 0.1) is 19.7 Å². The highest BCUT2D eigenvalue weighted by molar-refractivity contribution is 7.89.